The van der Waals surface area contributed by atoms with Crippen molar-refractivity contribution in [2.24, 2.45) is 0 Å². The number of carbonyl (C=O) groups excluding carboxylic acids is 1. The summed E-state index contributed by atoms with van der Waals surface area (Å²) in [5.41, 5.74) is 1.57. The summed E-state index contributed by atoms with van der Waals surface area (Å²) in [6.07, 6.45) is 14.5. The molecule has 6 nitrogen and oxygen atoms in total. The number of carbonyl (C=O) groups is 1. The highest BCUT2D eigenvalue weighted by atomic mass is 16.5. The van der Waals surface area contributed by atoms with Crippen LogP contribution in [0.15, 0.2) is 52.9 Å². The molecule has 6 heteroatoms. The molecule has 2 aromatic carbocycles. The van der Waals surface area contributed by atoms with E-state index in [9.17, 15) is 4.79 Å². The Kier molecular flexibility index (Phi) is 11.3. The highest BCUT2D eigenvalue weighted by Gasteiger charge is 2.12. The number of unbranched alkanes of at least 4 members (excludes halogenated alkanes) is 10. The van der Waals surface area contributed by atoms with Gasteiger partial charge in [-0.3, -0.25) is 4.79 Å². The van der Waals surface area contributed by atoms with E-state index in [1.54, 1.807) is 24.3 Å². The second-order valence-electron chi connectivity index (χ2n) is 8.94. The fraction of sp³-hybridized carbons (Fsp3) is 0.483. The standard InChI is InChI=1S/C29H38N2O4/c1-3-4-5-6-7-8-9-10-11-12-13-21-33-27-16-14-15-25(22-27)29-31-30-28(35-29)24-17-19-26(20-18-24)34-23(2)32/h14-20,22H,3-13,21H2,1-2H3. The summed E-state index contributed by atoms with van der Waals surface area (Å²) in [7, 11) is 0. The number of aromatic nitrogens is 2. The van der Waals surface area contributed by atoms with Gasteiger partial charge in [-0.05, 0) is 48.9 Å². The first kappa shape index (κ1) is 26.5. The lowest BCUT2D eigenvalue weighted by molar-refractivity contribution is -0.131. The van der Waals surface area contributed by atoms with E-state index in [-0.39, 0.29) is 5.97 Å². The molecule has 0 saturated heterocycles. The predicted octanol–water partition coefficient (Wildman–Crippen LogP) is 8.02. The lowest BCUT2D eigenvalue weighted by Gasteiger charge is -2.07. The normalized spacial score (nSPS) is 10.9. The van der Waals surface area contributed by atoms with Gasteiger partial charge in [-0.2, -0.15) is 0 Å². The molecule has 0 amide bonds. The summed E-state index contributed by atoms with van der Waals surface area (Å²) >= 11 is 0. The Balaban J connectivity index is 1.38. The van der Waals surface area contributed by atoms with Crippen LogP contribution in [0.3, 0.4) is 0 Å². The van der Waals surface area contributed by atoms with E-state index in [2.05, 4.69) is 17.1 Å². The van der Waals surface area contributed by atoms with Gasteiger partial charge in [0.15, 0.2) is 0 Å². The quantitative estimate of drug-likeness (QED) is 0.118. The molecule has 1 heterocycles. The number of rotatable bonds is 16. The Labute approximate surface area is 209 Å². The first-order valence-electron chi connectivity index (χ1n) is 13.0. The van der Waals surface area contributed by atoms with Gasteiger partial charge in [-0.25, -0.2) is 0 Å². The van der Waals surface area contributed by atoms with Crippen LogP contribution in [-0.2, 0) is 4.79 Å². The lowest BCUT2D eigenvalue weighted by Crippen LogP contribution is -2.00. The van der Waals surface area contributed by atoms with E-state index < -0.39 is 0 Å². The SMILES string of the molecule is CCCCCCCCCCCCCOc1cccc(-c2nnc(-c3ccc(OC(C)=O)cc3)o2)c1. The van der Waals surface area contributed by atoms with Gasteiger partial charge < -0.3 is 13.9 Å². The van der Waals surface area contributed by atoms with Gasteiger partial charge in [0, 0.05) is 18.1 Å². The molecular weight excluding hydrogens is 440 g/mol. The minimum absolute atomic E-state index is 0.358. The Morgan fingerprint density at radius 2 is 1.34 bits per heavy atom. The van der Waals surface area contributed by atoms with Crippen LogP contribution >= 0.6 is 0 Å². The Morgan fingerprint density at radius 3 is 1.97 bits per heavy atom. The molecule has 3 rings (SSSR count). The van der Waals surface area contributed by atoms with E-state index in [1.165, 1.54) is 71.1 Å². The fourth-order valence-corrected chi connectivity index (χ4v) is 3.96. The molecule has 0 fully saturated rings. The van der Waals surface area contributed by atoms with Crippen LogP contribution in [0, 0.1) is 0 Å². The smallest absolute Gasteiger partial charge is 0.308 e. The maximum absolute atomic E-state index is 11.1. The third-order valence-electron chi connectivity index (χ3n) is 5.89. The molecule has 0 saturated carbocycles. The number of hydrogen-bond donors (Lipinski definition) is 0. The number of hydrogen-bond acceptors (Lipinski definition) is 6. The molecule has 0 atom stereocenters. The third kappa shape index (κ3) is 9.55. The first-order valence-corrected chi connectivity index (χ1v) is 13.0. The van der Waals surface area contributed by atoms with Gasteiger partial charge in [0.25, 0.3) is 0 Å². The molecule has 0 spiro atoms. The zero-order chi connectivity index (χ0) is 24.7. The van der Waals surface area contributed by atoms with Gasteiger partial charge >= 0.3 is 5.97 Å². The average molecular weight is 479 g/mol. The van der Waals surface area contributed by atoms with E-state index in [0.29, 0.717) is 24.1 Å². The lowest BCUT2D eigenvalue weighted by atomic mass is 10.1. The summed E-state index contributed by atoms with van der Waals surface area (Å²) in [5.74, 6) is 1.76. The van der Waals surface area contributed by atoms with E-state index in [0.717, 1.165) is 23.3 Å². The summed E-state index contributed by atoms with van der Waals surface area (Å²) in [6.45, 7) is 4.35. The van der Waals surface area contributed by atoms with Crippen molar-refractivity contribution in [3.05, 3.63) is 48.5 Å². The fourth-order valence-electron chi connectivity index (χ4n) is 3.96. The molecule has 35 heavy (non-hydrogen) atoms. The van der Waals surface area contributed by atoms with Crippen molar-refractivity contribution in [1.82, 2.24) is 10.2 Å². The Morgan fingerprint density at radius 1 is 0.743 bits per heavy atom. The molecule has 0 aliphatic rings. The highest BCUT2D eigenvalue weighted by Crippen LogP contribution is 2.27. The van der Waals surface area contributed by atoms with Crippen molar-refractivity contribution in [3.8, 4) is 34.4 Å². The van der Waals surface area contributed by atoms with E-state index in [1.807, 2.05) is 24.3 Å². The monoisotopic (exact) mass is 478 g/mol. The largest absolute Gasteiger partial charge is 0.494 e. The van der Waals surface area contributed by atoms with Gasteiger partial charge in [-0.15, -0.1) is 10.2 Å². The van der Waals surface area contributed by atoms with Crippen molar-refractivity contribution in [2.45, 2.75) is 84.5 Å². The molecule has 1 aromatic heterocycles. The van der Waals surface area contributed by atoms with E-state index in [4.69, 9.17) is 13.9 Å². The number of esters is 1. The maximum Gasteiger partial charge on any atom is 0.308 e. The van der Waals surface area contributed by atoms with Crippen molar-refractivity contribution in [3.63, 3.8) is 0 Å². The van der Waals surface area contributed by atoms with Gasteiger partial charge in [0.1, 0.15) is 11.5 Å². The first-order chi connectivity index (χ1) is 17.2. The molecule has 188 valence electrons. The number of nitrogens with zero attached hydrogens (tertiary/aromatic N) is 2. The topological polar surface area (TPSA) is 74.5 Å². The minimum atomic E-state index is -0.358. The minimum Gasteiger partial charge on any atom is -0.494 e. The molecule has 0 aliphatic heterocycles. The van der Waals surface area contributed by atoms with Crippen LogP contribution < -0.4 is 9.47 Å². The molecule has 0 bridgehead atoms. The van der Waals surface area contributed by atoms with Crippen molar-refractivity contribution in [2.75, 3.05) is 6.61 Å². The maximum atomic E-state index is 11.1. The molecule has 0 N–H and O–H groups in total. The van der Waals surface area contributed by atoms with Crippen molar-refractivity contribution in [1.29, 1.82) is 0 Å². The Hall–Kier alpha value is -3.15. The second kappa shape index (κ2) is 15.0. The molecule has 0 radical (unpaired) electrons. The van der Waals surface area contributed by atoms with Gasteiger partial charge in [-0.1, -0.05) is 77.2 Å². The molecule has 0 aliphatic carbocycles. The summed E-state index contributed by atoms with van der Waals surface area (Å²) in [4.78, 5) is 11.1. The second-order valence-corrected chi connectivity index (χ2v) is 8.94. The number of ether oxygens (including phenoxy) is 2. The van der Waals surface area contributed by atoms with Crippen LogP contribution in [0.2, 0.25) is 0 Å². The van der Waals surface area contributed by atoms with Crippen LogP contribution in [0.4, 0.5) is 0 Å². The molecule has 0 unspecified atom stereocenters. The number of benzene rings is 2. The zero-order valence-electron chi connectivity index (χ0n) is 21.1. The van der Waals surface area contributed by atoms with Crippen LogP contribution in [0.5, 0.6) is 11.5 Å². The summed E-state index contributed by atoms with van der Waals surface area (Å²) in [6, 6.07) is 14.7. The van der Waals surface area contributed by atoms with E-state index >= 15 is 0 Å². The van der Waals surface area contributed by atoms with Crippen molar-refractivity contribution < 1.29 is 18.7 Å². The summed E-state index contributed by atoms with van der Waals surface area (Å²) in [5, 5.41) is 8.34. The van der Waals surface area contributed by atoms with Crippen LogP contribution in [-0.4, -0.2) is 22.8 Å². The third-order valence-corrected chi connectivity index (χ3v) is 5.89. The highest BCUT2D eigenvalue weighted by molar-refractivity contribution is 5.69. The Bertz CT molecular complexity index is 1010. The predicted molar refractivity (Wildman–Crippen MR) is 138 cm³/mol. The zero-order valence-corrected chi connectivity index (χ0v) is 21.1. The van der Waals surface area contributed by atoms with Crippen molar-refractivity contribution >= 4 is 5.97 Å². The van der Waals surface area contributed by atoms with Gasteiger partial charge in [0.2, 0.25) is 11.8 Å². The molecular formula is C29H38N2O4. The summed E-state index contributed by atoms with van der Waals surface area (Å²) < 4.78 is 16.9. The van der Waals surface area contributed by atoms with Gasteiger partial charge in [0.05, 0.1) is 6.61 Å². The van der Waals surface area contributed by atoms with Crippen LogP contribution in [0.1, 0.15) is 84.5 Å². The molecule has 3 aromatic rings. The average Bonchev–Trinajstić information content (AvgIpc) is 3.35. The van der Waals surface area contributed by atoms with Crippen LogP contribution in [0.25, 0.3) is 22.9 Å².